The first kappa shape index (κ1) is 19.7. The third-order valence-corrected chi connectivity index (χ3v) is 3.98. The van der Waals surface area contributed by atoms with Crippen molar-refractivity contribution >= 4 is 5.97 Å². The molecular weight excluding hydrogens is 328 g/mol. The van der Waals surface area contributed by atoms with Gasteiger partial charge in [-0.1, -0.05) is 55.5 Å². The van der Waals surface area contributed by atoms with Crippen LogP contribution in [0.3, 0.4) is 0 Å². The Morgan fingerprint density at radius 3 is 2.35 bits per heavy atom. The van der Waals surface area contributed by atoms with Crippen LogP contribution < -0.4 is 4.74 Å². The molecule has 26 heavy (non-hydrogen) atoms. The van der Waals surface area contributed by atoms with Crippen molar-refractivity contribution in [2.75, 3.05) is 7.11 Å². The summed E-state index contributed by atoms with van der Waals surface area (Å²) in [6, 6.07) is 17.3. The largest absolute Gasteiger partial charge is 0.497 e. The number of allylic oxidation sites excluding steroid dienone is 1. The maximum absolute atomic E-state index is 12.6. The molecule has 0 radical (unpaired) electrons. The van der Waals surface area contributed by atoms with E-state index in [1.807, 2.05) is 80.6 Å². The minimum Gasteiger partial charge on any atom is -0.497 e. The highest BCUT2D eigenvalue weighted by Gasteiger charge is 2.22. The third-order valence-electron chi connectivity index (χ3n) is 3.98. The first-order valence-corrected chi connectivity index (χ1v) is 8.80. The van der Waals surface area contributed by atoms with E-state index in [1.54, 1.807) is 7.11 Å². The lowest BCUT2D eigenvalue weighted by atomic mass is 10.1. The van der Waals surface area contributed by atoms with Crippen molar-refractivity contribution in [2.45, 2.75) is 39.1 Å². The van der Waals surface area contributed by atoms with Crippen LogP contribution in [0, 0.1) is 0 Å². The minimum absolute atomic E-state index is 0.344. The highest BCUT2D eigenvalue weighted by atomic mass is 16.6. The standard InChI is InChI=1S/C22H26O4/c1-4-9-21(18-10-7-6-8-11-18)26-22(23)20(5-2)25-16-17-12-14-19(24-3)15-13-17/h4,6-15,20-21H,5,16H2,1-3H3/b9-4+/t20?,21-/m0/s1. The number of hydrogen-bond acceptors (Lipinski definition) is 4. The van der Waals surface area contributed by atoms with Crippen molar-refractivity contribution in [2.24, 2.45) is 0 Å². The van der Waals surface area contributed by atoms with Crippen molar-refractivity contribution < 1.29 is 19.0 Å². The van der Waals surface area contributed by atoms with Gasteiger partial charge in [-0.15, -0.1) is 0 Å². The average molecular weight is 354 g/mol. The van der Waals surface area contributed by atoms with Crippen molar-refractivity contribution in [3.63, 3.8) is 0 Å². The molecule has 0 aliphatic carbocycles. The van der Waals surface area contributed by atoms with Crippen LogP contribution in [0.5, 0.6) is 5.75 Å². The van der Waals surface area contributed by atoms with E-state index in [0.717, 1.165) is 16.9 Å². The maximum Gasteiger partial charge on any atom is 0.336 e. The lowest BCUT2D eigenvalue weighted by Gasteiger charge is -2.20. The lowest BCUT2D eigenvalue weighted by Crippen LogP contribution is -2.27. The summed E-state index contributed by atoms with van der Waals surface area (Å²) in [6.07, 6.45) is 3.28. The van der Waals surface area contributed by atoms with Crippen molar-refractivity contribution in [3.05, 3.63) is 77.9 Å². The van der Waals surface area contributed by atoms with Gasteiger partial charge in [-0.05, 0) is 42.7 Å². The number of rotatable bonds is 9. The van der Waals surface area contributed by atoms with E-state index < -0.39 is 12.2 Å². The number of hydrogen-bond donors (Lipinski definition) is 0. The first-order valence-electron chi connectivity index (χ1n) is 8.80. The Morgan fingerprint density at radius 2 is 1.77 bits per heavy atom. The van der Waals surface area contributed by atoms with Gasteiger partial charge < -0.3 is 14.2 Å². The molecule has 0 saturated heterocycles. The molecule has 0 amide bonds. The van der Waals surface area contributed by atoms with E-state index in [4.69, 9.17) is 14.2 Å². The molecule has 0 bridgehead atoms. The lowest BCUT2D eigenvalue weighted by molar-refractivity contribution is -0.162. The summed E-state index contributed by atoms with van der Waals surface area (Å²) in [5, 5.41) is 0. The molecule has 0 fully saturated rings. The number of methoxy groups -OCH3 is 1. The molecule has 4 nitrogen and oxygen atoms in total. The van der Waals surface area contributed by atoms with Crippen molar-refractivity contribution in [1.29, 1.82) is 0 Å². The number of carbonyl (C=O) groups is 1. The molecule has 4 heteroatoms. The second-order valence-electron chi connectivity index (χ2n) is 5.85. The van der Waals surface area contributed by atoms with Gasteiger partial charge in [-0.25, -0.2) is 4.79 Å². The van der Waals surface area contributed by atoms with Gasteiger partial charge in [-0.2, -0.15) is 0 Å². The molecular formula is C22H26O4. The Balaban J connectivity index is 1.97. The van der Waals surface area contributed by atoms with Gasteiger partial charge in [0.05, 0.1) is 13.7 Å². The topological polar surface area (TPSA) is 44.8 Å². The monoisotopic (exact) mass is 354 g/mol. The van der Waals surface area contributed by atoms with Crippen LogP contribution in [0.4, 0.5) is 0 Å². The Labute approximate surface area is 155 Å². The molecule has 0 aromatic heterocycles. The molecule has 0 spiro atoms. The fourth-order valence-corrected chi connectivity index (χ4v) is 2.51. The van der Waals surface area contributed by atoms with Gasteiger partial charge in [0, 0.05) is 0 Å². The van der Waals surface area contributed by atoms with Gasteiger partial charge in [-0.3, -0.25) is 0 Å². The second-order valence-corrected chi connectivity index (χ2v) is 5.85. The summed E-state index contributed by atoms with van der Waals surface area (Å²) in [5.74, 6) is 0.435. The molecule has 2 aromatic rings. The molecule has 0 N–H and O–H groups in total. The van der Waals surface area contributed by atoms with E-state index in [-0.39, 0.29) is 5.97 Å². The van der Waals surface area contributed by atoms with Gasteiger partial charge in [0.2, 0.25) is 0 Å². The summed E-state index contributed by atoms with van der Waals surface area (Å²) in [5.41, 5.74) is 1.91. The second kappa shape index (κ2) is 10.4. The fourth-order valence-electron chi connectivity index (χ4n) is 2.51. The predicted molar refractivity (Wildman–Crippen MR) is 102 cm³/mol. The van der Waals surface area contributed by atoms with Gasteiger partial charge in [0.25, 0.3) is 0 Å². The van der Waals surface area contributed by atoms with Crippen molar-refractivity contribution in [3.8, 4) is 5.75 Å². The van der Waals surface area contributed by atoms with E-state index in [2.05, 4.69) is 0 Å². The van der Waals surface area contributed by atoms with Crippen LogP contribution in [0.15, 0.2) is 66.7 Å². The quantitative estimate of drug-likeness (QED) is 0.477. The first-order chi connectivity index (χ1) is 12.7. The zero-order valence-electron chi connectivity index (χ0n) is 15.6. The van der Waals surface area contributed by atoms with E-state index in [0.29, 0.717) is 13.0 Å². The van der Waals surface area contributed by atoms with Crippen molar-refractivity contribution in [1.82, 2.24) is 0 Å². The molecule has 2 rings (SSSR count). The zero-order chi connectivity index (χ0) is 18.8. The SMILES string of the molecule is C/C=C/[C@H](OC(=O)C(CC)OCc1ccc(OC)cc1)c1ccccc1. The van der Waals surface area contributed by atoms with E-state index >= 15 is 0 Å². The van der Waals surface area contributed by atoms with Gasteiger partial charge in [0.1, 0.15) is 11.9 Å². The Morgan fingerprint density at radius 1 is 1.08 bits per heavy atom. The molecule has 2 atom stereocenters. The van der Waals surface area contributed by atoms with Gasteiger partial charge in [0.15, 0.2) is 6.10 Å². The Bertz CT molecular complexity index is 692. The minimum atomic E-state index is -0.603. The number of ether oxygens (including phenoxy) is 3. The summed E-state index contributed by atoms with van der Waals surface area (Å²) < 4.78 is 16.6. The van der Waals surface area contributed by atoms with Crippen LogP contribution in [0.1, 0.15) is 37.5 Å². The highest BCUT2D eigenvalue weighted by Crippen LogP contribution is 2.21. The van der Waals surface area contributed by atoms with Gasteiger partial charge >= 0.3 is 5.97 Å². The van der Waals surface area contributed by atoms with Crippen LogP contribution in [0.25, 0.3) is 0 Å². The Hall–Kier alpha value is -2.59. The van der Waals surface area contributed by atoms with Crippen LogP contribution >= 0.6 is 0 Å². The molecule has 0 heterocycles. The summed E-state index contributed by atoms with van der Waals surface area (Å²) in [6.45, 7) is 4.16. The van der Waals surface area contributed by atoms with E-state index in [9.17, 15) is 4.79 Å². The molecule has 0 saturated carbocycles. The summed E-state index contributed by atoms with van der Waals surface area (Å²) in [7, 11) is 1.63. The summed E-state index contributed by atoms with van der Waals surface area (Å²) in [4.78, 5) is 12.6. The number of benzene rings is 2. The van der Waals surface area contributed by atoms with Crippen LogP contribution in [-0.2, 0) is 20.9 Å². The number of carbonyl (C=O) groups excluding carboxylic acids is 1. The normalized spacial score (nSPS) is 13.3. The molecule has 138 valence electrons. The van der Waals surface area contributed by atoms with Crippen LogP contribution in [-0.4, -0.2) is 19.2 Å². The zero-order valence-corrected chi connectivity index (χ0v) is 15.6. The van der Waals surface area contributed by atoms with Crippen LogP contribution in [0.2, 0.25) is 0 Å². The molecule has 0 aliphatic rings. The molecule has 2 aromatic carbocycles. The average Bonchev–Trinajstić information content (AvgIpc) is 2.69. The fraction of sp³-hybridized carbons (Fsp3) is 0.318. The maximum atomic E-state index is 12.6. The molecule has 1 unspecified atom stereocenters. The Kier molecular flexibility index (Phi) is 7.90. The molecule has 0 aliphatic heterocycles. The predicted octanol–water partition coefficient (Wildman–Crippen LogP) is 4.85. The third kappa shape index (κ3) is 5.74. The summed E-state index contributed by atoms with van der Waals surface area (Å²) >= 11 is 0. The van der Waals surface area contributed by atoms with E-state index in [1.165, 1.54) is 0 Å². The highest BCUT2D eigenvalue weighted by molar-refractivity contribution is 5.75. The number of esters is 1. The smallest absolute Gasteiger partial charge is 0.336 e.